The van der Waals surface area contributed by atoms with E-state index >= 15 is 0 Å². The Hall–Kier alpha value is -1.61. The van der Waals surface area contributed by atoms with Crippen molar-refractivity contribution in [1.29, 1.82) is 0 Å². The standard InChI is InChI=1S/C12H13NO2/c1-8-3-2-4-10-9(5-6-14)7-11(15)13-12(8)10/h2-4,7,14H,5-6H2,1H3,(H,13,15). The number of hydrogen-bond acceptors (Lipinski definition) is 2. The zero-order chi connectivity index (χ0) is 10.8. The number of fused-ring (bicyclic) bond motifs is 1. The van der Waals surface area contributed by atoms with Crippen molar-refractivity contribution in [1.82, 2.24) is 4.98 Å². The summed E-state index contributed by atoms with van der Waals surface area (Å²) in [5.41, 5.74) is 2.71. The fourth-order valence-electron chi connectivity index (χ4n) is 1.82. The molecule has 0 atom stereocenters. The number of aliphatic hydroxyl groups is 1. The van der Waals surface area contributed by atoms with E-state index in [0.717, 1.165) is 22.0 Å². The summed E-state index contributed by atoms with van der Waals surface area (Å²) in [6.07, 6.45) is 0.518. The molecule has 0 saturated carbocycles. The lowest BCUT2D eigenvalue weighted by molar-refractivity contribution is 0.300. The van der Waals surface area contributed by atoms with Gasteiger partial charge >= 0.3 is 0 Å². The molecular weight excluding hydrogens is 190 g/mol. The largest absolute Gasteiger partial charge is 0.396 e. The molecule has 3 heteroatoms. The molecule has 0 bridgehead atoms. The summed E-state index contributed by atoms with van der Waals surface area (Å²) in [4.78, 5) is 14.2. The Morgan fingerprint density at radius 3 is 2.93 bits per heavy atom. The van der Waals surface area contributed by atoms with Crippen LogP contribution in [-0.4, -0.2) is 16.7 Å². The van der Waals surface area contributed by atoms with Crippen LogP contribution in [0.3, 0.4) is 0 Å². The topological polar surface area (TPSA) is 53.1 Å². The second-order valence-corrected chi connectivity index (χ2v) is 3.63. The molecule has 2 rings (SSSR count). The third-order valence-corrected chi connectivity index (χ3v) is 2.55. The van der Waals surface area contributed by atoms with Gasteiger partial charge < -0.3 is 10.1 Å². The number of benzene rings is 1. The molecule has 0 aliphatic heterocycles. The van der Waals surface area contributed by atoms with Gasteiger partial charge in [0.15, 0.2) is 0 Å². The van der Waals surface area contributed by atoms with Gasteiger partial charge in [-0.05, 0) is 24.5 Å². The summed E-state index contributed by atoms with van der Waals surface area (Å²) in [6.45, 7) is 2.02. The van der Waals surface area contributed by atoms with Gasteiger partial charge in [-0.2, -0.15) is 0 Å². The van der Waals surface area contributed by atoms with E-state index in [0.29, 0.717) is 6.42 Å². The Labute approximate surface area is 87.4 Å². The molecule has 0 aliphatic rings. The van der Waals surface area contributed by atoms with Crippen molar-refractivity contribution in [2.45, 2.75) is 13.3 Å². The van der Waals surface area contributed by atoms with Gasteiger partial charge in [0.1, 0.15) is 0 Å². The lowest BCUT2D eigenvalue weighted by atomic mass is 10.0. The number of aromatic nitrogens is 1. The van der Waals surface area contributed by atoms with Crippen LogP contribution in [0.4, 0.5) is 0 Å². The van der Waals surface area contributed by atoms with E-state index in [-0.39, 0.29) is 12.2 Å². The molecule has 0 spiro atoms. The number of para-hydroxylation sites is 1. The minimum atomic E-state index is -0.111. The number of aromatic amines is 1. The van der Waals surface area contributed by atoms with Crippen molar-refractivity contribution >= 4 is 10.9 Å². The number of aryl methyl sites for hydroxylation is 1. The molecule has 0 fully saturated rings. The Morgan fingerprint density at radius 1 is 1.40 bits per heavy atom. The quantitative estimate of drug-likeness (QED) is 0.774. The van der Waals surface area contributed by atoms with Crippen LogP contribution in [-0.2, 0) is 6.42 Å². The molecule has 0 saturated heterocycles. The molecule has 0 unspecified atom stereocenters. The van der Waals surface area contributed by atoms with Gasteiger partial charge in [-0.15, -0.1) is 0 Å². The highest BCUT2D eigenvalue weighted by Gasteiger charge is 2.04. The van der Waals surface area contributed by atoms with Gasteiger partial charge in [-0.1, -0.05) is 18.2 Å². The Kier molecular flexibility index (Phi) is 2.56. The van der Waals surface area contributed by atoms with E-state index in [2.05, 4.69) is 4.98 Å². The second kappa shape index (κ2) is 3.87. The third-order valence-electron chi connectivity index (χ3n) is 2.55. The van der Waals surface area contributed by atoms with E-state index in [4.69, 9.17) is 5.11 Å². The molecular formula is C12H13NO2. The van der Waals surface area contributed by atoms with Crippen LogP contribution < -0.4 is 5.56 Å². The van der Waals surface area contributed by atoms with Crippen molar-refractivity contribution < 1.29 is 5.11 Å². The van der Waals surface area contributed by atoms with Crippen LogP contribution in [0, 0.1) is 6.92 Å². The number of hydrogen-bond donors (Lipinski definition) is 2. The van der Waals surface area contributed by atoms with Crippen molar-refractivity contribution in [2.24, 2.45) is 0 Å². The average Bonchev–Trinajstić information content (AvgIpc) is 2.20. The summed E-state index contributed by atoms with van der Waals surface area (Å²) in [7, 11) is 0. The Balaban J connectivity index is 2.80. The second-order valence-electron chi connectivity index (χ2n) is 3.63. The van der Waals surface area contributed by atoms with Gasteiger partial charge in [-0.3, -0.25) is 4.79 Å². The van der Waals surface area contributed by atoms with Gasteiger partial charge in [0.05, 0.1) is 5.52 Å². The zero-order valence-electron chi connectivity index (χ0n) is 8.58. The summed E-state index contributed by atoms with van der Waals surface area (Å²) in [5, 5.41) is 9.94. The fraction of sp³-hybridized carbons (Fsp3) is 0.250. The highest BCUT2D eigenvalue weighted by Crippen LogP contribution is 2.18. The van der Waals surface area contributed by atoms with Crippen molar-refractivity contribution in [3.8, 4) is 0 Å². The molecule has 1 heterocycles. The molecule has 1 aromatic heterocycles. The summed E-state index contributed by atoms with van der Waals surface area (Å²) >= 11 is 0. The number of aliphatic hydroxyl groups excluding tert-OH is 1. The summed E-state index contributed by atoms with van der Waals surface area (Å²) in [6, 6.07) is 7.43. The molecule has 78 valence electrons. The number of nitrogens with one attached hydrogen (secondary N) is 1. The maximum absolute atomic E-state index is 11.4. The molecule has 15 heavy (non-hydrogen) atoms. The molecule has 0 aliphatic carbocycles. The monoisotopic (exact) mass is 203 g/mol. The van der Waals surface area contributed by atoms with E-state index in [1.165, 1.54) is 0 Å². The molecule has 0 amide bonds. The first-order chi connectivity index (χ1) is 7.22. The summed E-state index contributed by atoms with van der Waals surface area (Å²) < 4.78 is 0. The van der Waals surface area contributed by atoms with E-state index in [1.54, 1.807) is 6.07 Å². The van der Waals surface area contributed by atoms with E-state index in [1.807, 2.05) is 25.1 Å². The molecule has 1 aromatic carbocycles. The molecule has 2 aromatic rings. The van der Waals surface area contributed by atoms with E-state index < -0.39 is 0 Å². The first kappa shape index (κ1) is 9.93. The van der Waals surface area contributed by atoms with E-state index in [9.17, 15) is 4.79 Å². The fourth-order valence-corrected chi connectivity index (χ4v) is 1.82. The van der Waals surface area contributed by atoms with Crippen LogP contribution >= 0.6 is 0 Å². The predicted octanol–water partition coefficient (Wildman–Crippen LogP) is 1.37. The zero-order valence-corrected chi connectivity index (χ0v) is 8.58. The number of H-pyrrole nitrogens is 1. The van der Waals surface area contributed by atoms with Gasteiger partial charge in [-0.25, -0.2) is 0 Å². The first-order valence-corrected chi connectivity index (χ1v) is 4.95. The van der Waals surface area contributed by atoms with Crippen molar-refractivity contribution in [2.75, 3.05) is 6.61 Å². The number of pyridine rings is 1. The average molecular weight is 203 g/mol. The minimum Gasteiger partial charge on any atom is -0.396 e. The van der Waals surface area contributed by atoms with Gasteiger partial charge in [0.2, 0.25) is 5.56 Å². The maximum atomic E-state index is 11.4. The van der Waals surface area contributed by atoms with Crippen LogP contribution in [0.25, 0.3) is 10.9 Å². The van der Waals surface area contributed by atoms with Crippen LogP contribution in [0.15, 0.2) is 29.1 Å². The smallest absolute Gasteiger partial charge is 0.248 e. The minimum absolute atomic E-state index is 0.0620. The number of rotatable bonds is 2. The van der Waals surface area contributed by atoms with Crippen molar-refractivity contribution in [3.05, 3.63) is 45.7 Å². The van der Waals surface area contributed by atoms with Crippen LogP contribution in [0.2, 0.25) is 0 Å². The van der Waals surface area contributed by atoms with Crippen LogP contribution in [0.1, 0.15) is 11.1 Å². The SMILES string of the molecule is Cc1cccc2c(CCO)cc(=O)[nH]c12. The van der Waals surface area contributed by atoms with Gasteiger partial charge in [0.25, 0.3) is 0 Å². The Morgan fingerprint density at radius 2 is 2.20 bits per heavy atom. The highest BCUT2D eigenvalue weighted by molar-refractivity contribution is 5.84. The molecule has 2 N–H and O–H groups in total. The molecule has 0 radical (unpaired) electrons. The first-order valence-electron chi connectivity index (χ1n) is 4.95. The predicted molar refractivity (Wildman–Crippen MR) is 60.1 cm³/mol. The van der Waals surface area contributed by atoms with Crippen LogP contribution in [0.5, 0.6) is 0 Å². The molecule has 3 nitrogen and oxygen atoms in total. The van der Waals surface area contributed by atoms with Crippen molar-refractivity contribution in [3.63, 3.8) is 0 Å². The highest BCUT2D eigenvalue weighted by atomic mass is 16.3. The lowest BCUT2D eigenvalue weighted by Gasteiger charge is -2.06. The lowest BCUT2D eigenvalue weighted by Crippen LogP contribution is -2.08. The third kappa shape index (κ3) is 1.78. The summed E-state index contributed by atoms with van der Waals surface area (Å²) in [5.74, 6) is 0. The van der Waals surface area contributed by atoms with Gasteiger partial charge in [0, 0.05) is 18.1 Å². The normalized spacial score (nSPS) is 10.8. The maximum Gasteiger partial charge on any atom is 0.248 e. The Bertz CT molecular complexity index is 543.